The van der Waals surface area contributed by atoms with E-state index in [1.807, 2.05) is 6.92 Å². The lowest BCUT2D eigenvalue weighted by Crippen LogP contribution is -2.35. The number of nitrogens with two attached hydrogens (primary N) is 1. The molecule has 2 N–H and O–H groups in total. The summed E-state index contributed by atoms with van der Waals surface area (Å²) in [6, 6.07) is -0.0482. The van der Waals surface area contributed by atoms with Crippen molar-refractivity contribution in [1.82, 2.24) is 0 Å². The van der Waals surface area contributed by atoms with E-state index in [0.29, 0.717) is 5.92 Å². The highest BCUT2D eigenvalue weighted by molar-refractivity contribution is 7.10. The van der Waals surface area contributed by atoms with E-state index in [1.165, 1.54) is 0 Å². The van der Waals surface area contributed by atoms with Crippen LogP contribution >= 0.6 is 22.9 Å². The molecule has 0 radical (unpaired) electrons. The van der Waals surface area contributed by atoms with Crippen LogP contribution in [0.2, 0.25) is 5.02 Å². The molecule has 0 amide bonds. The van der Waals surface area contributed by atoms with E-state index in [0.717, 1.165) is 21.9 Å². The molecule has 2 rings (SSSR count). The van der Waals surface area contributed by atoms with Crippen LogP contribution in [-0.4, -0.2) is 11.2 Å². The highest BCUT2D eigenvalue weighted by Gasteiger charge is 2.49. The molecule has 1 aliphatic heterocycles. The Kier molecular flexibility index (Phi) is 3.56. The molecular formula is C14H22ClNOS. The first-order valence-corrected chi connectivity index (χ1v) is 7.59. The van der Waals surface area contributed by atoms with Crippen molar-refractivity contribution in [3.8, 4) is 0 Å². The van der Waals surface area contributed by atoms with E-state index in [2.05, 4.69) is 33.1 Å². The van der Waals surface area contributed by atoms with Gasteiger partial charge in [-0.05, 0) is 52.0 Å². The second kappa shape index (κ2) is 4.48. The van der Waals surface area contributed by atoms with Crippen molar-refractivity contribution in [3.63, 3.8) is 0 Å². The number of hydrogen-bond acceptors (Lipinski definition) is 3. The van der Waals surface area contributed by atoms with Gasteiger partial charge in [-0.2, -0.15) is 0 Å². The Balaban J connectivity index is 2.29. The van der Waals surface area contributed by atoms with Crippen molar-refractivity contribution in [2.75, 3.05) is 0 Å². The molecule has 1 saturated heterocycles. The minimum absolute atomic E-state index is 0.0482. The van der Waals surface area contributed by atoms with Crippen LogP contribution in [0.15, 0.2) is 5.38 Å². The second-order valence-electron chi connectivity index (χ2n) is 6.40. The van der Waals surface area contributed by atoms with Gasteiger partial charge in [0.25, 0.3) is 0 Å². The molecule has 1 aliphatic rings. The van der Waals surface area contributed by atoms with Crippen LogP contribution in [0.5, 0.6) is 0 Å². The third-order valence-electron chi connectivity index (χ3n) is 3.81. The predicted molar refractivity (Wildman–Crippen MR) is 78.3 cm³/mol. The molecule has 0 aromatic carbocycles. The lowest BCUT2D eigenvalue weighted by molar-refractivity contribution is -0.0766. The minimum Gasteiger partial charge on any atom is -0.369 e. The van der Waals surface area contributed by atoms with Gasteiger partial charge in [-0.1, -0.05) is 11.6 Å². The van der Waals surface area contributed by atoms with Crippen molar-refractivity contribution < 1.29 is 4.74 Å². The third kappa shape index (κ3) is 2.46. The molecule has 1 aromatic rings. The lowest BCUT2D eigenvalue weighted by atomic mass is 9.81. The Hall–Kier alpha value is -0.0900. The molecule has 2 unspecified atom stereocenters. The number of aryl methyl sites for hydroxylation is 1. The van der Waals surface area contributed by atoms with Gasteiger partial charge >= 0.3 is 0 Å². The van der Waals surface area contributed by atoms with Crippen LogP contribution in [0.1, 0.15) is 50.6 Å². The first kappa shape index (κ1) is 14.3. The van der Waals surface area contributed by atoms with Gasteiger partial charge in [-0.15, -0.1) is 11.3 Å². The fourth-order valence-corrected chi connectivity index (χ4v) is 4.41. The Labute approximate surface area is 118 Å². The standard InChI is InChI=1S/C14H22ClNOS/c1-8-7-18-12(10(8)15)11(16)9-6-13(2,3)17-14(9,4)5/h7,9,11H,6,16H2,1-5H3. The molecular weight excluding hydrogens is 266 g/mol. The van der Waals surface area contributed by atoms with E-state index in [1.54, 1.807) is 11.3 Å². The normalized spacial score (nSPS) is 27.4. The Bertz CT molecular complexity index is 453. The molecule has 102 valence electrons. The highest BCUT2D eigenvalue weighted by Crippen LogP contribution is 2.48. The van der Waals surface area contributed by atoms with Gasteiger partial charge in [-0.3, -0.25) is 0 Å². The molecule has 1 aromatic heterocycles. The molecule has 4 heteroatoms. The van der Waals surface area contributed by atoms with Gasteiger partial charge in [0.15, 0.2) is 0 Å². The zero-order chi connectivity index (χ0) is 13.7. The molecule has 2 nitrogen and oxygen atoms in total. The Morgan fingerprint density at radius 1 is 1.44 bits per heavy atom. The van der Waals surface area contributed by atoms with Crippen molar-refractivity contribution in [3.05, 3.63) is 20.8 Å². The fourth-order valence-electron chi connectivity index (χ4n) is 3.02. The maximum absolute atomic E-state index is 6.46. The summed E-state index contributed by atoms with van der Waals surface area (Å²) >= 11 is 8.00. The summed E-state index contributed by atoms with van der Waals surface area (Å²) < 4.78 is 6.12. The Morgan fingerprint density at radius 3 is 2.44 bits per heavy atom. The minimum atomic E-state index is -0.204. The van der Waals surface area contributed by atoms with Crippen LogP contribution in [0, 0.1) is 12.8 Å². The number of hydrogen-bond donors (Lipinski definition) is 1. The zero-order valence-electron chi connectivity index (χ0n) is 11.7. The molecule has 2 heterocycles. The average molecular weight is 288 g/mol. The van der Waals surface area contributed by atoms with Gasteiger partial charge in [-0.25, -0.2) is 0 Å². The van der Waals surface area contributed by atoms with E-state index >= 15 is 0 Å². The molecule has 2 atom stereocenters. The number of ether oxygens (including phenoxy) is 1. The first-order valence-electron chi connectivity index (χ1n) is 6.33. The van der Waals surface area contributed by atoms with Crippen LogP contribution in [-0.2, 0) is 4.74 Å². The number of rotatable bonds is 2. The maximum atomic E-state index is 6.46. The molecule has 0 bridgehead atoms. The van der Waals surface area contributed by atoms with E-state index < -0.39 is 0 Å². The van der Waals surface area contributed by atoms with Crippen molar-refractivity contribution >= 4 is 22.9 Å². The molecule has 0 saturated carbocycles. The average Bonchev–Trinajstić information content (AvgIpc) is 2.64. The van der Waals surface area contributed by atoms with E-state index in [4.69, 9.17) is 22.1 Å². The van der Waals surface area contributed by atoms with E-state index in [9.17, 15) is 0 Å². The van der Waals surface area contributed by atoms with Gasteiger partial charge in [0.05, 0.1) is 16.2 Å². The van der Waals surface area contributed by atoms with Crippen LogP contribution in [0.25, 0.3) is 0 Å². The lowest BCUT2D eigenvalue weighted by Gasteiger charge is -2.30. The summed E-state index contributed by atoms with van der Waals surface area (Å²) in [5.74, 6) is 0.294. The summed E-state index contributed by atoms with van der Waals surface area (Å²) in [5, 5.41) is 2.90. The van der Waals surface area contributed by atoms with Gasteiger partial charge in [0, 0.05) is 16.8 Å². The monoisotopic (exact) mass is 287 g/mol. The quantitative estimate of drug-likeness (QED) is 0.880. The van der Waals surface area contributed by atoms with E-state index in [-0.39, 0.29) is 17.2 Å². The summed E-state index contributed by atoms with van der Waals surface area (Å²) in [6.07, 6.45) is 0.967. The number of halogens is 1. The van der Waals surface area contributed by atoms with Crippen molar-refractivity contribution in [2.45, 2.75) is 58.3 Å². The summed E-state index contributed by atoms with van der Waals surface area (Å²) in [4.78, 5) is 1.09. The first-order chi connectivity index (χ1) is 8.14. The smallest absolute Gasteiger partial charge is 0.0681 e. The van der Waals surface area contributed by atoms with Crippen LogP contribution < -0.4 is 5.73 Å². The van der Waals surface area contributed by atoms with Gasteiger partial charge < -0.3 is 10.5 Å². The predicted octanol–water partition coefficient (Wildman–Crippen LogP) is 4.30. The summed E-state index contributed by atoms with van der Waals surface area (Å²) in [7, 11) is 0. The Morgan fingerprint density at radius 2 is 2.06 bits per heavy atom. The fraction of sp³-hybridized carbons (Fsp3) is 0.714. The molecule has 1 fully saturated rings. The maximum Gasteiger partial charge on any atom is 0.0681 e. The molecule has 0 aliphatic carbocycles. The number of thiophene rings is 1. The van der Waals surface area contributed by atoms with Crippen LogP contribution in [0.3, 0.4) is 0 Å². The second-order valence-corrected chi connectivity index (χ2v) is 7.69. The summed E-state index contributed by atoms with van der Waals surface area (Å²) in [5.41, 5.74) is 7.26. The third-order valence-corrected chi connectivity index (χ3v) is 5.62. The highest BCUT2D eigenvalue weighted by atomic mass is 35.5. The van der Waals surface area contributed by atoms with Crippen molar-refractivity contribution in [1.29, 1.82) is 0 Å². The zero-order valence-corrected chi connectivity index (χ0v) is 13.3. The largest absolute Gasteiger partial charge is 0.369 e. The topological polar surface area (TPSA) is 35.2 Å². The van der Waals surface area contributed by atoms with Gasteiger partial charge in [0.2, 0.25) is 0 Å². The van der Waals surface area contributed by atoms with Gasteiger partial charge in [0.1, 0.15) is 0 Å². The summed E-state index contributed by atoms with van der Waals surface area (Å²) in [6.45, 7) is 10.5. The van der Waals surface area contributed by atoms with Crippen molar-refractivity contribution in [2.24, 2.45) is 11.7 Å². The molecule has 0 spiro atoms. The SMILES string of the molecule is Cc1csc(C(N)C2CC(C)(C)OC2(C)C)c1Cl. The van der Waals surface area contributed by atoms with Crippen LogP contribution in [0.4, 0.5) is 0 Å². The molecule has 18 heavy (non-hydrogen) atoms.